The van der Waals surface area contributed by atoms with Crippen molar-refractivity contribution in [3.8, 4) is 0 Å². The molecule has 1 heterocycles. The topological polar surface area (TPSA) is 38.0 Å². The van der Waals surface area contributed by atoms with Crippen molar-refractivity contribution in [2.75, 3.05) is 0 Å². The number of aromatic nitrogens is 1. The van der Waals surface area contributed by atoms with E-state index in [-0.39, 0.29) is 18.1 Å². The molecule has 0 N–H and O–H groups in total. The average molecular weight is 282 g/mol. The minimum absolute atomic E-state index is 0.0573. The first-order chi connectivity index (χ1) is 10.1. The third-order valence-corrected chi connectivity index (χ3v) is 3.23. The molecule has 1 aromatic carbocycles. The lowest BCUT2D eigenvalue weighted by Crippen LogP contribution is -2.37. The van der Waals surface area contributed by atoms with Gasteiger partial charge in [-0.25, -0.2) is 0 Å². The van der Waals surface area contributed by atoms with E-state index in [1.54, 1.807) is 29.1 Å². The number of Topliss-reactive ketones (excluding diaryl/α,β-unsaturated/α-hetero) is 2. The van der Waals surface area contributed by atoms with Crippen LogP contribution in [0, 0.1) is 5.92 Å². The molecule has 0 amide bonds. The SMILES string of the molecule is CC(C)CC(=O)c1cc[n+](CC(=O)c2ccccc2)cc1. The average Bonchev–Trinajstić information content (AvgIpc) is 2.48. The van der Waals surface area contributed by atoms with Gasteiger partial charge in [0.25, 0.3) is 0 Å². The highest BCUT2D eigenvalue weighted by Crippen LogP contribution is 2.07. The van der Waals surface area contributed by atoms with Crippen LogP contribution in [0.25, 0.3) is 0 Å². The van der Waals surface area contributed by atoms with Gasteiger partial charge in [-0.2, -0.15) is 4.57 Å². The first-order valence-electron chi connectivity index (χ1n) is 7.17. The van der Waals surface area contributed by atoms with E-state index in [9.17, 15) is 9.59 Å². The zero-order valence-corrected chi connectivity index (χ0v) is 12.5. The van der Waals surface area contributed by atoms with Crippen molar-refractivity contribution < 1.29 is 14.2 Å². The van der Waals surface area contributed by atoms with Crippen LogP contribution in [0.5, 0.6) is 0 Å². The molecule has 0 radical (unpaired) electrons. The Kier molecular flexibility index (Phi) is 4.99. The molecule has 0 aliphatic carbocycles. The lowest BCUT2D eigenvalue weighted by molar-refractivity contribution is -0.683. The molecule has 108 valence electrons. The fourth-order valence-corrected chi connectivity index (χ4v) is 2.12. The number of hydrogen-bond acceptors (Lipinski definition) is 2. The van der Waals surface area contributed by atoms with Crippen LogP contribution in [0.3, 0.4) is 0 Å². The second kappa shape index (κ2) is 6.93. The van der Waals surface area contributed by atoms with Crippen molar-refractivity contribution in [2.24, 2.45) is 5.92 Å². The van der Waals surface area contributed by atoms with E-state index in [0.29, 0.717) is 23.5 Å². The van der Waals surface area contributed by atoms with Crippen molar-refractivity contribution in [1.82, 2.24) is 0 Å². The van der Waals surface area contributed by atoms with Crippen molar-refractivity contribution >= 4 is 11.6 Å². The van der Waals surface area contributed by atoms with Crippen LogP contribution in [0.2, 0.25) is 0 Å². The van der Waals surface area contributed by atoms with Crippen LogP contribution >= 0.6 is 0 Å². The maximum Gasteiger partial charge on any atom is 0.227 e. The number of carbonyl (C=O) groups is 2. The Bertz CT molecular complexity index is 615. The highest BCUT2D eigenvalue weighted by atomic mass is 16.1. The standard InChI is InChI=1S/C18H20NO2/c1-14(2)12-17(20)16-8-10-19(11-9-16)13-18(21)15-6-4-3-5-7-15/h3-11,14H,12-13H2,1-2H3/q+1. The number of nitrogens with zero attached hydrogens (tertiary/aromatic N) is 1. The van der Waals surface area contributed by atoms with E-state index < -0.39 is 0 Å². The van der Waals surface area contributed by atoms with Crippen LogP contribution in [0.15, 0.2) is 54.9 Å². The third-order valence-electron chi connectivity index (χ3n) is 3.23. The van der Waals surface area contributed by atoms with Gasteiger partial charge in [0.15, 0.2) is 18.2 Å². The van der Waals surface area contributed by atoms with Gasteiger partial charge in [-0.1, -0.05) is 44.2 Å². The van der Waals surface area contributed by atoms with Crippen LogP contribution in [-0.2, 0) is 6.54 Å². The normalized spacial score (nSPS) is 10.6. The molecule has 0 fully saturated rings. The Labute approximate surface area is 125 Å². The molecule has 0 unspecified atom stereocenters. The molecule has 3 nitrogen and oxygen atoms in total. The van der Waals surface area contributed by atoms with Gasteiger partial charge in [0.2, 0.25) is 12.3 Å². The van der Waals surface area contributed by atoms with Gasteiger partial charge in [-0.15, -0.1) is 0 Å². The fourth-order valence-electron chi connectivity index (χ4n) is 2.12. The number of pyridine rings is 1. The molecule has 0 aliphatic heterocycles. The van der Waals surface area contributed by atoms with E-state index in [1.165, 1.54) is 0 Å². The van der Waals surface area contributed by atoms with Crippen molar-refractivity contribution in [2.45, 2.75) is 26.8 Å². The van der Waals surface area contributed by atoms with Crippen LogP contribution in [-0.4, -0.2) is 11.6 Å². The summed E-state index contributed by atoms with van der Waals surface area (Å²) in [5.74, 6) is 0.554. The van der Waals surface area contributed by atoms with Crippen LogP contribution < -0.4 is 4.57 Å². The first-order valence-corrected chi connectivity index (χ1v) is 7.17. The second-order valence-corrected chi connectivity index (χ2v) is 5.57. The highest BCUT2D eigenvalue weighted by molar-refractivity contribution is 5.96. The van der Waals surface area contributed by atoms with Gasteiger partial charge in [0.1, 0.15) is 0 Å². The Morgan fingerprint density at radius 1 is 0.905 bits per heavy atom. The predicted octanol–water partition coefficient (Wildman–Crippen LogP) is 3.09. The summed E-state index contributed by atoms with van der Waals surface area (Å²) in [4.78, 5) is 24.0. The van der Waals surface area contributed by atoms with Gasteiger partial charge in [-0.05, 0) is 5.92 Å². The highest BCUT2D eigenvalue weighted by Gasteiger charge is 2.13. The molecule has 0 saturated carbocycles. The van der Waals surface area contributed by atoms with E-state index in [4.69, 9.17) is 0 Å². The molecule has 0 spiro atoms. The second-order valence-electron chi connectivity index (χ2n) is 5.57. The van der Waals surface area contributed by atoms with E-state index in [1.807, 2.05) is 44.2 Å². The van der Waals surface area contributed by atoms with Gasteiger partial charge in [0.05, 0.1) is 0 Å². The molecule has 0 saturated heterocycles. The lowest BCUT2D eigenvalue weighted by Gasteiger charge is -2.03. The monoisotopic (exact) mass is 282 g/mol. The third kappa shape index (κ3) is 4.35. The molecule has 1 aromatic heterocycles. The molecule has 21 heavy (non-hydrogen) atoms. The van der Waals surface area contributed by atoms with E-state index >= 15 is 0 Å². The summed E-state index contributed by atoms with van der Waals surface area (Å²) in [6.45, 7) is 4.34. The van der Waals surface area contributed by atoms with E-state index in [2.05, 4.69) is 0 Å². The minimum Gasteiger partial charge on any atom is -0.294 e. The summed E-state index contributed by atoms with van der Waals surface area (Å²) in [5.41, 5.74) is 1.40. The number of ketones is 2. The molecule has 0 atom stereocenters. The maximum atomic E-state index is 12.1. The van der Waals surface area contributed by atoms with Crippen LogP contribution in [0.1, 0.15) is 41.0 Å². The molecule has 2 rings (SSSR count). The first kappa shape index (κ1) is 15.1. The van der Waals surface area contributed by atoms with Crippen molar-refractivity contribution in [3.63, 3.8) is 0 Å². The zero-order chi connectivity index (χ0) is 15.2. The fraction of sp³-hybridized carbons (Fsp3) is 0.278. The number of carbonyl (C=O) groups excluding carboxylic acids is 2. The Morgan fingerprint density at radius 3 is 2.05 bits per heavy atom. The zero-order valence-electron chi connectivity index (χ0n) is 12.5. The summed E-state index contributed by atoms with van der Waals surface area (Å²) in [6.07, 6.45) is 4.12. The lowest BCUT2D eigenvalue weighted by atomic mass is 10.0. The summed E-state index contributed by atoms with van der Waals surface area (Å²) in [6, 6.07) is 12.8. The molecule has 0 aliphatic rings. The summed E-state index contributed by atoms with van der Waals surface area (Å²) in [5, 5.41) is 0. The molecular weight excluding hydrogens is 262 g/mol. The predicted molar refractivity (Wildman–Crippen MR) is 81.2 cm³/mol. The summed E-state index contributed by atoms with van der Waals surface area (Å²) < 4.78 is 1.79. The Hall–Kier alpha value is -2.29. The van der Waals surface area contributed by atoms with Crippen LogP contribution in [0.4, 0.5) is 0 Å². The number of benzene rings is 1. The Morgan fingerprint density at radius 2 is 1.48 bits per heavy atom. The molecule has 2 aromatic rings. The molecular formula is C18H20NO2+. The van der Waals surface area contributed by atoms with Crippen molar-refractivity contribution in [3.05, 3.63) is 66.0 Å². The smallest absolute Gasteiger partial charge is 0.227 e. The summed E-state index contributed by atoms with van der Waals surface area (Å²) >= 11 is 0. The van der Waals surface area contributed by atoms with Gasteiger partial charge in [-0.3, -0.25) is 9.59 Å². The maximum absolute atomic E-state index is 12.1. The van der Waals surface area contributed by atoms with Gasteiger partial charge >= 0.3 is 0 Å². The summed E-state index contributed by atoms with van der Waals surface area (Å²) in [7, 11) is 0. The molecule has 0 bridgehead atoms. The molecule has 3 heteroatoms. The quantitative estimate of drug-likeness (QED) is 0.603. The van der Waals surface area contributed by atoms with Gasteiger partial charge in [0, 0.05) is 29.7 Å². The van der Waals surface area contributed by atoms with Crippen molar-refractivity contribution in [1.29, 1.82) is 0 Å². The van der Waals surface area contributed by atoms with Gasteiger partial charge < -0.3 is 0 Å². The largest absolute Gasteiger partial charge is 0.294 e. The number of hydrogen-bond donors (Lipinski definition) is 0. The Balaban J connectivity index is 2.03. The number of rotatable bonds is 6. The van der Waals surface area contributed by atoms with E-state index in [0.717, 1.165) is 0 Å². The minimum atomic E-state index is 0.0573.